The van der Waals surface area contributed by atoms with Crippen LogP contribution in [0.3, 0.4) is 0 Å². The van der Waals surface area contributed by atoms with Gasteiger partial charge in [0.1, 0.15) is 20.2 Å². The molecule has 6 nitrogen and oxygen atoms in total. The van der Waals surface area contributed by atoms with Crippen molar-refractivity contribution in [3.05, 3.63) is 59.7 Å². The van der Waals surface area contributed by atoms with Gasteiger partial charge in [-0.3, -0.25) is 0 Å². The van der Waals surface area contributed by atoms with Crippen LogP contribution >= 0.6 is 0 Å². The zero-order valence-electron chi connectivity index (χ0n) is 74.8. The summed E-state index contributed by atoms with van der Waals surface area (Å²) in [6, 6.07) is 13.3. The summed E-state index contributed by atoms with van der Waals surface area (Å²) in [4.78, 5) is -0.0795. The molecule has 0 radical (unpaired) electrons. The van der Waals surface area contributed by atoms with Gasteiger partial charge in [0.2, 0.25) is 0 Å². The molecule has 0 heterocycles. The van der Waals surface area contributed by atoms with Crippen molar-refractivity contribution >= 4 is 69.1 Å². The Morgan fingerprint density at radius 3 is 0.378 bits per heavy atom. The molecule has 0 saturated carbocycles. The first-order chi connectivity index (χ1) is 54.1. The fourth-order valence-corrected chi connectivity index (χ4v) is 18.7. The molecule has 0 unspecified atom stereocenters. The van der Waals surface area contributed by atoms with Crippen molar-refractivity contribution in [3.63, 3.8) is 0 Å². The van der Waals surface area contributed by atoms with Crippen LogP contribution in [0.15, 0.2) is 58.3 Å². The Bertz CT molecular complexity index is 2180. The summed E-state index contributed by atoms with van der Waals surface area (Å²) in [5.41, 5.74) is 1.35. The second-order valence-corrected chi connectivity index (χ2v) is 38.0. The maximum absolute atomic E-state index is 11.4. The molecule has 2 aromatic rings. The van der Waals surface area contributed by atoms with E-state index in [0.29, 0.717) is 24.0 Å². The standard InChI is InChI=1S/2C51H96O3S.Ba/c2*1-2-3-4-5-6-7-8-9-10-11-12-13-14-15-16-17-18-19-20-21-22-23-24-25-26-27-28-29-30-31-32-33-34-35-36-37-38-39-40-41-42-43-44-47-50-48-45-46-49-51(50)55(52,53)54;/h2*45-46,48-49H,2-44,47H2,1H3,(H,52,53,54);/q;;+2/p-2. The number of unbranched alkanes of at least 4 members (excludes halogenated alkanes) is 84. The second-order valence-electron chi connectivity index (χ2n) is 35.3. The SMILES string of the molecule is CCCCCCCCCCCCCCCCCCCCCCCCCCCCCCCCCCCCCCCCCCCCCc1ccccc1S(=O)(=O)[O-].CCCCCCCCCCCCCCCCCCCCCCCCCCCCCCCCCCCCCCCCCCCCCc1ccccc1S(=O)(=O)[O-].[Ba+2]. The summed E-state index contributed by atoms with van der Waals surface area (Å²) in [6.45, 7) is 4.61. The summed E-state index contributed by atoms with van der Waals surface area (Å²) in [7, 11) is -8.74. The van der Waals surface area contributed by atoms with Crippen molar-refractivity contribution < 1.29 is 25.9 Å². The normalized spacial score (nSPS) is 11.8. The molecular weight excluding hydrogens is 1520 g/mol. The van der Waals surface area contributed by atoms with Crippen molar-refractivity contribution in [3.8, 4) is 0 Å². The molecule has 0 N–H and O–H groups in total. The van der Waals surface area contributed by atoms with Crippen LogP contribution in [-0.2, 0) is 33.1 Å². The average Bonchev–Trinajstić information content (AvgIpc) is 0.846. The summed E-state index contributed by atoms with van der Waals surface area (Å²) < 4.78 is 68.4. The predicted molar refractivity (Wildman–Crippen MR) is 490 cm³/mol. The molecule has 0 atom stereocenters. The van der Waals surface area contributed by atoms with Gasteiger partial charge in [0.15, 0.2) is 0 Å². The first-order valence-corrected chi connectivity index (χ1v) is 53.0. The van der Waals surface area contributed by atoms with Crippen LogP contribution in [0, 0.1) is 0 Å². The molecule has 2 aromatic carbocycles. The van der Waals surface area contributed by atoms with Gasteiger partial charge in [0.25, 0.3) is 0 Å². The van der Waals surface area contributed by atoms with E-state index in [9.17, 15) is 25.9 Å². The van der Waals surface area contributed by atoms with Gasteiger partial charge in [-0.05, 0) is 48.9 Å². The molecule has 111 heavy (non-hydrogen) atoms. The molecule has 0 aromatic heterocycles. The summed E-state index contributed by atoms with van der Waals surface area (Å²) in [6.07, 6.45) is 124. The van der Waals surface area contributed by atoms with Gasteiger partial charge in [-0.25, -0.2) is 16.8 Å². The van der Waals surface area contributed by atoms with Crippen LogP contribution in [-0.4, -0.2) is 74.8 Å². The molecule has 0 saturated heterocycles. The minimum atomic E-state index is -4.37. The second kappa shape index (κ2) is 90.6. The third-order valence-corrected chi connectivity index (χ3v) is 26.5. The van der Waals surface area contributed by atoms with Crippen LogP contribution < -0.4 is 0 Å². The van der Waals surface area contributed by atoms with Gasteiger partial charge in [-0.1, -0.05) is 590 Å². The van der Waals surface area contributed by atoms with E-state index in [1.807, 2.05) is 12.1 Å². The van der Waals surface area contributed by atoms with Gasteiger partial charge in [-0.2, -0.15) is 0 Å². The Morgan fingerprint density at radius 1 is 0.171 bits per heavy atom. The van der Waals surface area contributed by atoms with Crippen LogP contribution in [0.5, 0.6) is 0 Å². The van der Waals surface area contributed by atoms with Crippen LogP contribution in [0.1, 0.15) is 577 Å². The van der Waals surface area contributed by atoms with E-state index in [1.54, 1.807) is 24.3 Å². The van der Waals surface area contributed by atoms with Gasteiger partial charge in [-0.15, -0.1) is 0 Å². The largest absolute Gasteiger partial charge is 2.00 e. The molecule has 0 fully saturated rings. The minimum absolute atomic E-state index is 0. The van der Waals surface area contributed by atoms with E-state index in [-0.39, 0.29) is 58.7 Å². The first kappa shape index (κ1) is 111. The van der Waals surface area contributed by atoms with Crippen LogP contribution in [0.25, 0.3) is 0 Å². The van der Waals surface area contributed by atoms with Crippen molar-refractivity contribution in [2.45, 2.75) is 589 Å². The molecule has 0 aliphatic carbocycles. The van der Waals surface area contributed by atoms with E-state index in [2.05, 4.69) is 13.8 Å². The van der Waals surface area contributed by atoms with Gasteiger partial charge < -0.3 is 9.11 Å². The predicted octanol–water partition coefficient (Wildman–Crippen LogP) is 35.5. The Labute approximate surface area is 736 Å². The van der Waals surface area contributed by atoms with Crippen LogP contribution in [0.4, 0.5) is 0 Å². The number of aryl methyl sites for hydroxylation is 2. The molecule has 648 valence electrons. The topological polar surface area (TPSA) is 114 Å². The quantitative estimate of drug-likeness (QED) is 0.0370. The summed E-state index contributed by atoms with van der Waals surface area (Å²) in [5.74, 6) is 0. The van der Waals surface area contributed by atoms with E-state index in [4.69, 9.17) is 0 Å². The zero-order chi connectivity index (χ0) is 79.2. The fourth-order valence-electron chi connectivity index (χ4n) is 17.2. The van der Waals surface area contributed by atoms with Crippen molar-refractivity contribution in [1.82, 2.24) is 0 Å². The Kier molecular flexibility index (Phi) is 90.5. The number of rotatable bonds is 90. The maximum Gasteiger partial charge on any atom is 2.00 e. The van der Waals surface area contributed by atoms with Gasteiger partial charge >= 0.3 is 48.9 Å². The molecular formula is C102H190BaO6S2. The molecule has 9 heteroatoms. The van der Waals surface area contributed by atoms with E-state index in [0.717, 1.165) is 25.7 Å². The Hall–Kier alpha value is -0.169. The van der Waals surface area contributed by atoms with Gasteiger partial charge in [0, 0.05) is 0 Å². The van der Waals surface area contributed by atoms with E-state index < -0.39 is 20.2 Å². The minimum Gasteiger partial charge on any atom is -0.744 e. The molecule has 2 rings (SSSR count). The monoisotopic (exact) mass is 1710 g/mol. The number of hydrogen-bond acceptors (Lipinski definition) is 6. The van der Waals surface area contributed by atoms with E-state index >= 15 is 0 Å². The molecule has 0 amide bonds. The summed E-state index contributed by atoms with van der Waals surface area (Å²) in [5, 5.41) is 0. The molecule has 0 aliphatic heterocycles. The molecule has 0 aliphatic rings. The Morgan fingerprint density at radius 2 is 0.270 bits per heavy atom. The third-order valence-electron chi connectivity index (χ3n) is 24.6. The van der Waals surface area contributed by atoms with Crippen molar-refractivity contribution in [2.75, 3.05) is 0 Å². The van der Waals surface area contributed by atoms with Crippen molar-refractivity contribution in [1.29, 1.82) is 0 Å². The first-order valence-electron chi connectivity index (χ1n) is 50.2. The maximum atomic E-state index is 11.4. The molecule has 0 bridgehead atoms. The summed E-state index contributed by atoms with van der Waals surface area (Å²) >= 11 is 0. The van der Waals surface area contributed by atoms with Crippen molar-refractivity contribution in [2.24, 2.45) is 0 Å². The number of hydrogen-bond donors (Lipinski definition) is 0. The fraction of sp³-hybridized carbons (Fsp3) is 0.882. The average molecular weight is 1710 g/mol. The molecule has 0 spiro atoms. The Balaban J connectivity index is 0.00000216. The van der Waals surface area contributed by atoms with Gasteiger partial charge in [0.05, 0.1) is 9.79 Å². The number of benzene rings is 2. The van der Waals surface area contributed by atoms with E-state index in [1.165, 1.54) is 539 Å². The third kappa shape index (κ3) is 83.3. The zero-order valence-corrected chi connectivity index (χ0v) is 80.9. The van der Waals surface area contributed by atoms with Crippen LogP contribution in [0.2, 0.25) is 0 Å². The smallest absolute Gasteiger partial charge is 0.744 e.